The van der Waals surface area contributed by atoms with Crippen molar-refractivity contribution in [1.82, 2.24) is 0 Å². The maximum Gasteiger partial charge on any atom is 0.319 e. The number of hydrogen-bond donors (Lipinski definition) is 0. The summed E-state index contributed by atoms with van der Waals surface area (Å²) in [5.41, 5.74) is 0. The van der Waals surface area contributed by atoms with E-state index in [2.05, 4.69) is 29.5 Å². The van der Waals surface area contributed by atoms with E-state index in [1.807, 2.05) is 20.8 Å². The van der Waals surface area contributed by atoms with E-state index < -0.39 is 12.3 Å². The Balaban J connectivity index is 3.17. The molecule has 0 radical (unpaired) electrons. The van der Waals surface area contributed by atoms with Crippen LogP contribution in [0.1, 0.15) is 59.8 Å². The third kappa shape index (κ3) is 3.91. The summed E-state index contributed by atoms with van der Waals surface area (Å²) in [6, 6.07) is 0. The van der Waals surface area contributed by atoms with Crippen LogP contribution in [0.3, 0.4) is 0 Å². The number of unbranched alkanes of at least 4 members (excludes halogenated alkanes) is 1. The largest absolute Gasteiger partial charge is 0.465 e. The Morgan fingerprint density at radius 3 is 2.23 bits per heavy atom. The fraction of sp³-hybridized carbons (Fsp3) is 0.941. The Bertz CT molecular complexity index is 405. The van der Waals surface area contributed by atoms with Gasteiger partial charge in [0.15, 0.2) is 0 Å². The highest BCUT2D eigenvalue weighted by Crippen LogP contribution is 2.67. The van der Waals surface area contributed by atoms with E-state index in [9.17, 15) is 9.36 Å². The van der Waals surface area contributed by atoms with Gasteiger partial charge in [-0.05, 0) is 43.9 Å². The van der Waals surface area contributed by atoms with Gasteiger partial charge in [-0.15, -0.1) is 0 Å². The number of hydrogen-bond acceptors (Lipinski definition) is 3. The van der Waals surface area contributed by atoms with Gasteiger partial charge in [-0.25, -0.2) is 0 Å². The molecule has 0 spiro atoms. The summed E-state index contributed by atoms with van der Waals surface area (Å²) in [6.45, 7) is 8.37. The minimum atomic E-state index is -2.54. The first kappa shape index (κ1) is 20.5. The number of ether oxygens (including phenoxy) is 1. The Kier molecular flexibility index (Phi) is 8.43. The molecule has 0 bridgehead atoms. The molecule has 0 aromatic heterocycles. The van der Waals surface area contributed by atoms with E-state index in [4.69, 9.17) is 4.74 Å². The molecule has 3 nitrogen and oxygen atoms in total. The molecular weight excluding hydrogens is 410 g/mol. The number of halogens is 1. The molecule has 130 valence electrons. The zero-order valence-corrected chi connectivity index (χ0v) is 17.6. The molecule has 22 heavy (non-hydrogen) atoms. The van der Waals surface area contributed by atoms with Gasteiger partial charge in [0.05, 0.1) is 6.61 Å². The molecule has 5 heteroatoms. The molecule has 0 unspecified atom stereocenters. The molecule has 1 aliphatic carbocycles. The molecule has 1 fully saturated rings. The van der Waals surface area contributed by atoms with E-state index in [0.717, 1.165) is 23.7 Å². The summed E-state index contributed by atoms with van der Waals surface area (Å²) < 4.78 is 20.0. The van der Waals surface area contributed by atoms with Crippen LogP contribution in [0, 0.1) is 11.8 Å². The van der Waals surface area contributed by atoms with Gasteiger partial charge in [0, 0.05) is 4.43 Å². The molecule has 0 heterocycles. The molecule has 0 aromatic carbocycles. The summed E-state index contributed by atoms with van der Waals surface area (Å²) in [5, 5.41) is -0.708. The SMILES string of the molecule is CCCC[C@H]1C[C@@](C(=O)OCC)(P(=O)(CC)CC)C[C@H]1CI. The normalized spacial score (nSPS) is 28.8. The minimum absolute atomic E-state index is 0.184. The van der Waals surface area contributed by atoms with Crippen LogP contribution in [0.25, 0.3) is 0 Å². The standard InChI is InChI=1S/C17H32IO3P/c1-5-9-10-14-11-17(12-15(14)13-18,16(19)21-6-2)22(20,7-3)8-4/h14-15H,5-13H2,1-4H3/t14-,15-,17+/m0/s1. The molecule has 0 saturated heterocycles. The molecular formula is C17H32IO3P. The van der Waals surface area contributed by atoms with Crippen molar-refractivity contribution in [2.24, 2.45) is 11.8 Å². The lowest BCUT2D eigenvalue weighted by molar-refractivity contribution is -0.146. The molecule has 1 saturated carbocycles. The molecule has 0 N–H and O–H groups in total. The van der Waals surface area contributed by atoms with Crippen molar-refractivity contribution in [2.75, 3.05) is 23.4 Å². The van der Waals surface area contributed by atoms with E-state index in [1.54, 1.807) is 0 Å². The van der Waals surface area contributed by atoms with Crippen LogP contribution in [0.15, 0.2) is 0 Å². The Labute approximate surface area is 149 Å². The quantitative estimate of drug-likeness (QED) is 0.210. The highest BCUT2D eigenvalue weighted by atomic mass is 127. The lowest BCUT2D eigenvalue weighted by Gasteiger charge is -2.35. The van der Waals surface area contributed by atoms with Crippen LogP contribution in [0.4, 0.5) is 0 Å². The lowest BCUT2D eigenvalue weighted by atomic mass is 9.92. The number of esters is 1. The third-order valence-corrected chi connectivity index (χ3v) is 10.7. The zero-order chi connectivity index (χ0) is 16.8. The first-order valence-corrected chi connectivity index (χ1v) is 12.4. The van der Waals surface area contributed by atoms with Crippen molar-refractivity contribution in [1.29, 1.82) is 0 Å². The summed E-state index contributed by atoms with van der Waals surface area (Å²) in [4.78, 5) is 12.8. The van der Waals surface area contributed by atoms with Crippen molar-refractivity contribution in [3.63, 3.8) is 0 Å². The number of carbonyl (C=O) groups excluding carboxylic acids is 1. The van der Waals surface area contributed by atoms with Crippen molar-refractivity contribution < 1.29 is 14.1 Å². The molecule has 0 aliphatic heterocycles. The van der Waals surface area contributed by atoms with Crippen LogP contribution in [0.5, 0.6) is 0 Å². The maximum atomic E-state index is 13.6. The fourth-order valence-corrected chi connectivity index (χ4v) is 8.25. The van der Waals surface area contributed by atoms with Gasteiger partial charge < -0.3 is 9.30 Å². The number of carbonyl (C=O) groups is 1. The van der Waals surface area contributed by atoms with Gasteiger partial charge >= 0.3 is 5.97 Å². The van der Waals surface area contributed by atoms with Crippen LogP contribution in [-0.4, -0.2) is 34.5 Å². The van der Waals surface area contributed by atoms with E-state index in [1.165, 1.54) is 12.8 Å². The second-order valence-electron chi connectivity index (χ2n) is 6.50. The van der Waals surface area contributed by atoms with Gasteiger partial charge in [0.25, 0.3) is 0 Å². The maximum absolute atomic E-state index is 13.6. The van der Waals surface area contributed by atoms with Crippen molar-refractivity contribution >= 4 is 35.7 Å². The smallest absolute Gasteiger partial charge is 0.319 e. The predicted molar refractivity (Wildman–Crippen MR) is 103 cm³/mol. The van der Waals surface area contributed by atoms with E-state index >= 15 is 0 Å². The second kappa shape index (κ2) is 9.05. The van der Waals surface area contributed by atoms with Gasteiger partial charge in [-0.2, -0.15) is 0 Å². The predicted octanol–water partition coefficient (Wildman–Crippen LogP) is 5.34. The Morgan fingerprint density at radius 1 is 1.18 bits per heavy atom. The first-order chi connectivity index (χ1) is 10.4. The lowest BCUT2D eigenvalue weighted by Crippen LogP contribution is -2.39. The minimum Gasteiger partial charge on any atom is -0.465 e. The van der Waals surface area contributed by atoms with E-state index in [-0.39, 0.29) is 5.97 Å². The average molecular weight is 442 g/mol. The second-order valence-corrected chi connectivity index (χ2v) is 11.3. The highest BCUT2D eigenvalue weighted by molar-refractivity contribution is 14.1. The van der Waals surface area contributed by atoms with Crippen LogP contribution >= 0.6 is 29.7 Å². The van der Waals surface area contributed by atoms with Gasteiger partial charge in [0.2, 0.25) is 0 Å². The monoisotopic (exact) mass is 442 g/mol. The molecule has 1 rings (SSSR count). The van der Waals surface area contributed by atoms with Gasteiger partial charge in [0.1, 0.15) is 12.3 Å². The highest BCUT2D eigenvalue weighted by Gasteiger charge is 2.59. The van der Waals surface area contributed by atoms with E-state index in [0.29, 0.717) is 30.8 Å². The molecule has 3 atom stereocenters. The van der Waals surface area contributed by atoms with Gasteiger partial charge in [-0.1, -0.05) is 62.6 Å². The first-order valence-electron chi connectivity index (χ1n) is 8.75. The number of alkyl halides is 1. The summed E-state index contributed by atoms with van der Waals surface area (Å²) in [7, 11) is -2.54. The fourth-order valence-electron chi connectivity index (χ4n) is 4.03. The third-order valence-electron chi connectivity index (χ3n) is 5.45. The molecule has 0 aromatic rings. The van der Waals surface area contributed by atoms with Gasteiger partial charge in [-0.3, -0.25) is 4.79 Å². The van der Waals surface area contributed by atoms with Crippen molar-refractivity contribution in [3.05, 3.63) is 0 Å². The zero-order valence-electron chi connectivity index (χ0n) is 14.6. The Morgan fingerprint density at radius 2 is 1.77 bits per heavy atom. The van der Waals surface area contributed by atoms with Crippen LogP contribution in [-0.2, 0) is 14.1 Å². The topological polar surface area (TPSA) is 43.4 Å². The Hall–Kier alpha value is 0.430. The molecule has 1 aliphatic rings. The number of rotatable bonds is 9. The van der Waals surface area contributed by atoms with Crippen LogP contribution in [0.2, 0.25) is 0 Å². The average Bonchev–Trinajstić information content (AvgIpc) is 2.92. The summed E-state index contributed by atoms with van der Waals surface area (Å²) in [5.74, 6) is 0.839. The van der Waals surface area contributed by atoms with Crippen molar-refractivity contribution in [2.45, 2.75) is 65.0 Å². The summed E-state index contributed by atoms with van der Waals surface area (Å²) >= 11 is 2.43. The van der Waals surface area contributed by atoms with Crippen molar-refractivity contribution in [3.8, 4) is 0 Å². The van der Waals surface area contributed by atoms with Crippen LogP contribution < -0.4 is 0 Å². The molecule has 0 amide bonds. The summed E-state index contributed by atoms with van der Waals surface area (Å²) in [6.07, 6.45) is 6.28.